The summed E-state index contributed by atoms with van der Waals surface area (Å²) in [5.41, 5.74) is 0.656. The first-order valence-corrected chi connectivity index (χ1v) is 11.8. The molecule has 0 aromatic heterocycles. The molecule has 0 atom stereocenters. The molecule has 162 valence electrons. The Labute approximate surface area is 186 Å². The SMILES string of the molecule is CCCCNC(=O)c1ccccc1NC(=O)CN(c1cc(Cl)ccc1Cl)S(C)(=O)=O. The molecule has 30 heavy (non-hydrogen) atoms. The lowest BCUT2D eigenvalue weighted by Gasteiger charge is -2.23. The highest BCUT2D eigenvalue weighted by molar-refractivity contribution is 7.92. The zero-order valence-corrected chi connectivity index (χ0v) is 18.9. The predicted octanol–water partition coefficient (Wildman–Crippen LogP) is 3.93. The monoisotopic (exact) mass is 471 g/mol. The van der Waals surface area contributed by atoms with Gasteiger partial charge in [-0.05, 0) is 36.8 Å². The zero-order chi connectivity index (χ0) is 22.3. The Hall–Kier alpha value is -2.29. The van der Waals surface area contributed by atoms with Crippen LogP contribution in [0.15, 0.2) is 42.5 Å². The highest BCUT2D eigenvalue weighted by Crippen LogP contribution is 2.30. The Morgan fingerprint density at radius 2 is 1.80 bits per heavy atom. The predicted molar refractivity (Wildman–Crippen MR) is 121 cm³/mol. The molecular formula is C20H23Cl2N3O4S. The molecule has 0 fully saturated rings. The van der Waals surface area contributed by atoms with Crippen LogP contribution in [-0.4, -0.2) is 39.6 Å². The van der Waals surface area contributed by atoms with Crippen LogP contribution >= 0.6 is 23.2 Å². The number of carbonyl (C=O) groups excluding carboxylic acids is 2. The number of amides is 2. The fourth-order valence-electron chi connectivity index (χ4n) is 2.64. The number of hydrogen-bond donors (Lipinski definition) is 2. The van der Waals surface area contributed by atoms with Crippen molar-refractivity contribution >= 4 is 56.4 Å². The Kier molecular flexibility index (Phi) is 8.52. The second-order valence-corrected chi connectivity index (χ2v) is 9.32. The molecule has 2 amide bonds. The molecule has 10 heteroatoms. The lowest BCUT2D eigenvalue weighted by atomic mass is 10.1. The molecule has 2 aromatic carbocycles. The van der Waals surface area contributed by atoms with Gasteiger partial charge >= 0.3 is 0 Å². The standard InChI is InChI=1S/C20H23Cl2N3O4S/c1-3-4-11-23-20(27)15-7-5-6-8-17(15)24-19(26)13-25(30(2,28)29)18-12-14(21)9-10-16(18)22/h5-10,12H,3-4,11,13H2,1-2H3,(H,23,27)(H,24,26). The summed E-state index contributed by atoms with van der Waals surface area (Å²) in [6.07, 6.45) is 2.74. The van der Waals surface area contributed by atoms with E-state index in [-0.39, 0.29) is 32.9 Å². The summed E-state index contributed by atoms with van der Waals surface area (Å²) in [6, 6.07) is 10.8. The molecule has 0 heterocycles. The van der Waals surface area contributed by atoms with Gasteiger partial charge in [0.1, 0.15) is 6.54 Å². The molecule has 7 nitrogen and oxygen atoms in total. The van der Waals surface area contributed by atoms with Gasteiger partial charge in [0, 0.05) is 11.6 Å². The zero-order valence-electron chi connectivity index (χ0n) is 16.6. The van der Waals surface area contributed by atoms with Crippen LogP contribution in [0.3, 0.4) is 0 Å². The first-order chi connectivity index (χ1) is 14.1. The fraction of sp³-hybridized carbons (Fsp3) is 0.300. The van der Waals surface area contributed by atoms with Gasteiger partial charge in [0.05, 0.1) is 28.2 Å². The minimum absolute atomic E-state index is 0.0902. The number of benzene rings is 2. The molecule has 0 radical (unpaired) electrons. The van der Waals surface area contributed by atoms with Crippen LogP contribution < -0.4 is 14.9 Å². The van der Waals surface area contributed by atoms with E-state index in [0.29, 0.717) is 6.54 Å². The van der Waals surface area contributed by atoms with E-state index in [0.717, 1.165) is 23.4 Å². The van der Waals surface area contributed by atoms with Crippen molar-refractivity contribution in [1.82, 2.24) is 5.32 Å². The van der Waals surface area contributed by atoms with Crippen LogP contribution in [0.1, 0.15) is 30.1 Å². The van der Waals surface area contributed by atoms with Gasteiger partial charge in [-0.3, -0.25) is 13.9 Å². The maximum Gasteiger partial charge on any atom is 0.253 e. The first kappa shape index (κ1) is 24.0. The number of halogens is 2. The number of anilines is 2. The second kappa shape index (κ2) is 10.7. The van der Waals surface area contributed by atoms with Gasteiger partial charge in [0.15, 0.2) is 0 Å². The normalized spacial score (nSPS) is 11.1. The van der Waals surface area contributed by atoms with Crippen molar-refractivity contribution in [3.05, 3.63) is 58.1 Å². The lowest BCUT2D eigenvalue weighted by Crippen LogP contribution is -2.38. The third kappa shape index (κ3) is 6.62. The van der Waals surface area contributed by atoms with E-state index >= 15 is 0 Å². The molecule has 2 aromatic rings. The average molecular weight is 472 g/mol. The van der Waals surface area contributed by atoms with Gasteiger partial charge in [-0.1, -0.05) is 48.7 Å². The molecule has 0 saturated heterocycles. The Morgan fingerprint density at radius 1 is 1.10 bits per heavy atom. The molecule has 0 spiro atoms. The van der Waals surface area contributed by atoms with E-state index < -0.39 is 22.5 Å². The minimum Gasteiger partial charge on any atom is -0.352 e. The van der Waals surface area contributed by atoms with Crippen LogP contribution in [0.4, 0.5) is 11.4 Å². The van der Waals surface area contributed by atoms with Crippen LogP contribution in [0, 0.1) is 0 Å². The number of para-hydroxylation sites is 1. The Bertz CT molecular complexity index is 1030. The van der Waals surface area contributed by atoms with Gasteiger partial charge in [-0.2, -0.15) is 0 Å². The summed E-state index contributed by atoms with van der Waals surface area (Å²) in [6.45, 7) is 2.00. The van der Waals surface area contributed by atoms with Crippen LogP contribution in [-0.2, 0) is 14.8 Å². The minimum atomic E-state index is -3.84. The van der Waals surface area contributed by atoms with Crippen molar-refractivity contribution in [2.24, 2.45) is 0 Å². The lowest BCUT2D eigenvalue weighted by molar-refractivity contribution is -0.114. The molecule has 0 aliphatic heterocycles. The molecule has 2 rings (SSSR count). The number of hydrogen-bond acceptors (Lipinski definition) is 4. The number of nitrogens with zero attached hydrogens (tertiary/aromatic N) is 1. The summed E-state index contributed by atoms with van der Waals surface area (Å²) < 4.78 is 25.4. The van der Waals surface area contributed by atoms with E-state index in [4.69, 9.17) is 23.2 Å². The van der Waals surface area contributed by atoms with Crippen LogP contribution in [0.25, 0.3) is 0 Å². The van der Waals surface area contributed by atoms with Crippen molar-refractivity contribution in [2.75, 3.05) is 29.0 Å². The van der Waals surface area contributed by atoms with Crippen molar-refractivity contribution in [3.8, 4) is 0 Å². The summed E-state index contributed by atoms with van der Waals surface area (Å²) in [4.78, 5) is 25.1. The highest BCUT2D eigenvalue weighted by Gasteiger charge is 2.24. The Morgan fingerprint density at radius 3 is 2.47 bits per heavy atom. The van der Waals surface area contributed by atoms with Gasteiger partial charge < -0.3 is 10.6 Å². The van der Waals surface area contributed by atoms with Crippen molar-refractivity contribution in [1.29, 1.82) is 0 Å². The van der Waals surface area contributed by atoms with E-state index in [9.17, 15) is 18.0 Å². The topological polar surface area (TPSA) is 95.6 Å². The summed E-state index contributed by atoms with van der Waals surface area (Å²) in [5, 5.41) is 5.80. The van der Waals surface area contributed by atoms with Crippen molar-refractivity contribution in [2.45, 2.75) is 19.8 Å². The first-order valence-electron chi connectivity index (χ1n) is 9.23. The largest absolute Gasteiger partial charge is 0.352 e. The van der Waals surface area contributed by atoms with Crippen LogP contribution in [0.5, 0.6) is 0 Å². The van der Waals surface area contributed by atoms with E-state index in [1.54, 1.807) is 24.3 Å². The second-order valence-electron chi connectivity index (χ2n) is 6.57. The number of nitrogens with one attached hydrogen (secondary N) is 2. The molecule has 0 aliphatic rings. The quantitative estimate of drug-likeness (QED) is 0.541. The third-order valence-corrected chi connectivity index (χ3v) is 5.81. The number of unbranched alkanes of at least 4 members (excludes halogenated alkanes) is 1. The van der Waals surface area contributed by atoms with Gasteiger partial charge in [-0.25, -0.2) is 8.42 Å². The number of rotatable bonds is 9. The number of carbonyl (C=O) groups is 2. The van der Waals surface area contributed by atoms with E-state index in [2.05, 4.69) is 10.6 Å². The van der Waals surface area contributed by atoms with E-state index in [1.807, 2.05) is 6.92 Å². The smallest absolute Gasteiger partial charge is 0.253 e. The molecule has 0 unspecified atom stereocenters. The maximum absolute atomic E-state index is 12.6. The molecule has 0 bridgehead atoms. The number of sulfonamides is 1. The van der Waals surface area contributed by atoms with Crippen molar-refractivity contribution in [3.63, 3.8) is 0 Å². The molecule has 2 N–H and O–H groups in total. The molecule has 0 aliphatic carbocycles. The third-order valence-electron chi connectivity index (χ3n) is 4.13. The summed E-state index contributed by atoms with van der Waals surface area (Å²) in [5.74, 6) is -0.956. The highest BCUT2D eigenvalue weighted by atomic mass is 35.5. The Balaban J connectivity index is 2.23. The van der Waals surface area contributed by atoms with Gasteiger partial charge in [0.25, 0.3) is 5.91 Å². The maximum atomic E-state index is 12.6. The van der Waals surface area contributed by atoms with Gasteiger partial charge in [-0.15, -0.1) is 0 Å². The molecular weight excluding hydrogens is 449 g/mol. The molecule has 0 saturated carbocycles. The van der Waals surface area contributed by atoms with Crippen LogP contribution in [0.2, 0.25) is 10.0 Å². The average Bonchev–Trinajstić information content (AvgIpc) is 2.68. The van der Waals surface area contributed by atoms with Crippen molar-refractivity contribution < 1.29 is 18.0 Å². The summed E-state index contributed by atoms with van der Waals surface area (Å²) in [7, 11) is -3.84. The van der Waals surface area contributed by atoms with E-state index in [1.165, 1.54) is 18.2 Å². The van der Waals surface area contributed by atoms with Gasteiger partial charge in [0.2, 0.25) is 15.9 Å². The summed E-state index contributed by atoms with van der Waals surface area (Å²) >= 11 is 12.1. The fourth-order valence-corrected chi connectivity index (χ4v) is 3.94.